The molecule has 2 saturated carbocycles. The van der Waals surface area contributed by atoms with Crippen LogP contribution in [0.3, 0.4) is 0 Å². The van der Waals surface area contributed by atoms with Crippen LogP contribution in [0.25, 0.3) is 0 Å². The number of amides is 2. The lowest BCUT2D eigenvalue weighted by atomic mass is 9.89. The molecule has 2 saturated heterocycles. The van der Waals surface area contributed by atoms with E-state index in [-0.39, 0.29) is 46.7 Å². The third-order valence-electron chi connectivity index (χ3n) is 11.5. The predicted octanol–water partition coefficient (Wildman–Crippen LogP) is 4.80. The monoisotopic (exact) mass is 740 g/mol. The van der Waals surface area contributed by atoms with Gasteiger partial charge in [0.1, 0.15) is 11.5 Å². The number of hydrogen-bond donors (Lipinski definition) is 2. The van der Waals surface area contributed by atoms with Crippen LogP contribution >= 0.6 is 0 Å². The second kappa shape index (κ2) is 14.8. The number of carbonyl (C=O) groups is 2. The molecule has 0 radical (unpaired) electrons. The molecule has 2 N–H and O–H groups in total. The molecule has 12 nitrogen and oxygen atoms in total. The summed E-state index contributed by atoms with van der Waals surface area (Å²) in [5.41, 5.74) is 2.87. The molecular weight excluding hydrogens is 693 g/mol. The van der Waals surface area contributed by atoms with E-state index in [2.05, 4.69) is 61.9 Å². The van der Waals surface area contributed by atoms with Gasteiger partial charge in [-0.25, -0.2) is 8.42 Å². The summed E-state index contributed by atoms with van der Waals surface area (Å²) in [6, 6.07) is 20.7. The lowest BCUT2D eigenvalue weighted by Gasteiger charge is -2.33. The molecule has 4 heterocycles. The van der Waals surface area contributed by atoms with Gasteiger partial charge in [-0.15, -0.1) is 0 Å². The highest BCUT2D eigenvalue weighted by molar-refractivity contribution is 7.90. The molecule has 0 spiro atoms. The van der Waals surface area contributed by atoms with Crippen LogP contribution in [0.1, 0.15) is 94.5 Å². The fourth-order valence-electron chi connectivity index (χ4n) is 8.19. The van der Waals surface area contributed by atoms with Crippen molar-refractivity contribution in [2.24, 2.45) is 11.8 Å². The molecule has 0 bridgehead atoms. The molecule has 53 heavy (non-hydrogen) atoms. The number of rotatable bonds is 14. The zero-order valence-electron chi connectivity index (χ0n) is 30.3. The van der Waals surface area contributed by atoms with E-state index in [9.17, 15) is 18.0 Å². The van der Waals surface area contributed by atoms with Crippen LogP contribution < -0.4 is 10.6 Å². The maximum atomic E-state index is 13.7. The summed E-state index contributed by atoms with van der Waals surface area (Å²) >= 11 is 0. The molecule has 4 aliphatic rings. The molecule has 2 amide bonds. The van der Waals surface area contributed by atoms with Crippen LogP contribution in [-0.4, -0.2) is 90.9 Å². The van der Waals surface area contributed by atoms with E-state index < -0.39 is 9.84 Å². The zero-order chi connectivity index (χ0) is 36.7. The van der Waals surface area contributed by atoms with Crippen molar-refractivity contribution in [2.75, 3.05) is 32.4 Å². The number of hydrogen-bond acceptors (Lipinski definition) is 10. The summed E-state index contributed by atoms with van der Waals surface area (Å²) in [4.78, 5) is 32.4. The molecule has 5 atom stereocenters. The van der Waals surface area contributed by atoms with E-state index >= 15 is 0 Å². The molecule has 2 aromatic heterocycles. The minimum absolute atomic E-state index is 0.0645. The van der Waals surface area contributed by atoms with E-state index in [1.54, 1.807) is 24.3 Å². The largest absolute Gasteiger partial charge is 0.360 e. The first-order valence-corrected chi connectivity index (χ1v) is 20.8. The van der Waals surface area contributed by atoms with Crippen molar-refractivity contribution in [3.8, 4) is 0 Å². The number of aromatic nitrogens is 2. The van der Waals surface area contributed by atoms with Crippen LogP contribution in [0.15, 0.2) is 80.7 Å². The SMILES string of the molecule is C[C@H]1CN(Cc2ccc(S(C)(=O)=O)cc2)C(C[C@H]2CN(CCc3ccccc3)C[C@H]2NC(=O)c2cc(C3CC3)on2)[C@H]1NC(=O)c1cc(C2CC2)on1. The molecule has 8 rings (SSSR count). The van der Waals surface area contributed by atoms with Gasteiger partial charge in [-0.1, -0.05) is 59.7 Å². The Bertz CT molecular complexity index is 2020. The normalized spacial score (nSPS) is 25.1. The van der Waals surface area contributed by atoms with Gasteiger partial charge in [-0.3, -0.25) is 14.5 Å². The van der Waals surface area contributed by atoms with Crippen molar-refractivity contribution in [3.05, 3.63) is 101 Å². The average Bonchev–Trinajstić information content (AvgIpc) is 4.00. The third-order valence-corrected chi connectivity index (χ3v) is 12.6. The van der Waals surface area contributed by atoms with Crippen molar-refractivity contribution in [1.82, 2.24) is 30.7 Å². The van der Waals surface area contributed by atoms with Crippen LogP contribution in [0.4, 0.5) is 0 Å². The molecule has 280 valence electrons. The van der Waals surface area contributed by atoms with Crippen molar-refractivity contribution in [3.63, 3.8) is 0 Å². The van der Waals surface area contributed by atoms with Crippen LogP contribution in [-0.2, 0) is 22.8 Å². The highest BCUT2D eigenvalue weighted by atomic mass is 32.2. The van der Waals surface area contributed by atoms with E-state index in [0.29, 0.717) is 36.3 Å². The lowest BCUT2D eigenvalue weighted by molar-refractivity contribution is 0.0896. The summed E-state index contributed by atoms with van der Waals surface area (Å²) in [6.07, 6.45) is 7.07. The van der Waals surface area contributed by atoms with Gasteiger partial charge < -0.3 is 24.6 Å². The van der Waals surface area contributed by atoms with Crippen LogP contribution in [0, 0.1) is 11.8 Å². The fourth-order valence-corrected chi connectivity index (χ4v) is 8.82. The van der Waals surface area contributed by atoms with Gasteiger partial charge in [0.2, 0.25) is 0 Å². The maximum absolute atomic E-state index is 13.7. The highest BCUT2D eigenvalue weighted by Crippen LogP contribution is 2.41. The Morgan fingerprint density at radius 2 is 1.43 bits per heavy atom. The molecule has 4 aromatic rings. The first-order chi connectivity index (χ1) is 25.6. The third kappa shape index (κ3) is 8.42. The second-order valence-electron chi connectivity index (χ2n) is 15.7. The summed E-state index contributed by atoms with van der Waals surface area (Å²) in [5.74, 6) is 1.98. The summed E-state index contributed by atoms with van der Waals surface area (Å²) in [7, 11) is -3.32. The average molecular weight is 741 g/mol. The standard InChI is InChI=1S/C40H48N6O6S/c1-25-21-46(22-27-8-14-31(15-9-27)53(2,49)50)35(38(25)42-40(48)33-20-37(52-44-33)29-12-13-29)18-30-23-45(17-16-26-6-4-3-5-7-26)24-34(30)41-39(47)32-19-36(51-43-32)28-10-11-28/h3-9,14-15,19-20,25,28-30,34-35,38H,10-13,16-18,21-24H2,1-2H3,(H,41,47)(H,42,48)/t25-,30-,34+,35?,38-/m0/s1. The van der Waals surface area contributed by atoms with Gasteiger partial charge in [-0.2, -0.15) is 0 Å². The zero-order valence-corrected chi connectivity index (χ0v) is 31.1. The molecule has 2 aliphatic carbocycles. The Hall–Kier alpha value is -4.33. The Kier molecular flexibility index (Phi) is 9.99. The van der Waals surface area contributed by atoms with Crippen LogP contribution in [0.2, 0.25) is 0 Å². The van der Waals surface area contributed by atoms with Crippen molar-refractivity contribution in [1.29, 1.82) is 0 Å². The summed E-state index contributed by atoms with van der Waals surface area (Å²) in [6.45, 7) is 5.83. The van der Waals surface area contributed by atoms with Crippen molar-refractivity contribution in [2.45, 2.75) is 86.9 Å². The number of nitrogens with zero attached hydrogens (tertiary/aromatic N) is 4. The molecule has 1 unspecified atom stereocenters. The molecule has 2 aliphatic heterocycles. The Morgan fingerprint density at radius 1 is 0.811 bits per heavy atom. The smallest absolute Gasteiger partial charge is 0.273 e. The lowest BCUT2D eigenvalue weighted by Crippen LogP contribution is -2.49. The summed E-state index contributed by atoms with van der Waals surface area (Å²) in [5, 5.41) is 14.9. The first kappa shape index (κ1) is 35.7. The van der Waals surface area contributed by atoms with E-state index in [0.717, 1.165) is 75.2 Å². The maximum Gasteiger partial charge on any atom is 0.273 e. The highest BCUT2D eigenvalue weighted by Gasteiger charge is 2.45. The minimum atomic E-state index is -3.32. The van der Waals surface area contributed by atoms with Gasteiger partial charge in [0.15, 0.2) is 21.2 Å². The minimum Gasteiger partial charge on any atom is -0.360 e. The van der Waals surface area contributed by atoms with Crippen molar-refractivity contribution < 1.29 is 27.1 Å². The number of likely N-dealkylation sites (tertiary alicyclic amines) is 2. The van der Waals surface area contributed by atoms with Gasteiger partial charge in [0.25, 0.3) is 11.8 Å². The number of benzene rings is 2. The Morgan fingerprint density at radius 3 is 2.04 bits per heavy atom. The Balaban J connectivity index is 1.04. The molecular formula is C40H48N6O6S. The fraction of sp³-hybridized carbons (Fsp3) is 0.500. The first-order valence-electron chi connectivity index (χ1n) is 18.9. The van der Waals surface area contributed by atoms with Gasteiger partial charge in [0.05, 0.1) is 4.90 Å². The molecule has 13 heteroatoms. The Labute approximate surface area is 310 Å². The number of sulfone groups is 1. The van der Waals surface area contributed by atoms with E-state index in [1.807, 2.05) is 18.2 Å². The van der Waals surface area contributed by atoms with E-state index in [4.69, 9.17) is 9.05 Å². The van der Waals surface area contributed by atoms with Gasteiger partial charge in [-0.05, 0) is 73.6 Å². The van der Waals surface area contributed by atoms with Gasteiger partial charge >= 0.3 is 0 Å². The predicted molar refractivity (Wildman–Crippen MR) is 197 cm³/mol. The summed E-state index contributed by atoms with van der Waals surface area (Å²) < 4.78 is 35.4. The number of carbonyl (C=O) groups excluding carboxylic acids is 2. The van der Waals surface area contributed by atoms with E-state index in [1.165, 1.54) is 11.8 Å². The second-order valence-corrected chi connectivity index (χ2v) is 17.8. The van der Waals surface area contributed by atoms with Gasteiger partial charge in [0, 0.05) is 81.1 Å². The molecule has 4 fully saturated rings. The number of nitrogens with one attached hydrogen (secondary N) is 2. The topological polar surface area (TPSA) is 151 Å². The van der Waals surface area contributed by atoms with Crippen LogP contribution in [0.5, 0.6) is 0 Å². The van der Waals surface area contributed by atoms with Crippen molar-refractivity contribution >= 4 is 21.7 Å². The molecule has 2 aromatic carbocycles. The quantitative estimate of drug-likeness (QED) is 0.185.